The number of rotatable bonds is 8. The molecule has 2 heterocycles. The van der Waals surface area contributed by atoms with E-state index < -0.39 is 0 Å². The zero-order valence-electron chi connectivity index (χ0n) is 20.9. The normalized spacial score (nSPS) is 18.3. The molecule has 192 valence electrons. The van der Waals surface area contributed by atoms with Crippen molar-refractivity contribution in [2.45, 2.75) is 32.1 Å². The Kier molecular flexibility index (Phi) is 9.52. The van der Waals surface area contributed by atoms with Gasteiger partial charge in [-0.2, -0.15) is 0 Å². The Morgan fingerprint density at radius 1 is 0.971 bits per heavy atom. The number of hydrogen-bond acceptors (Lipinski definition) is 6. The lowest BCUT2D eigenvalue weighted by Crippen LogP contribution is -2.44. The van der Waals surface area contributed by atoms with E-state index in [1.807, 2.05) is 24.3 Å². The van der Waals surface area contributed by atoms with Crippen LogP contribution >= 0.6 is 12.4 Å². The Labute approximate surface area is 214 Å². The third kappa shape index (κ3) is 6.53. The van der Waals surface area contributed by atoms with Crippen molar-refractivity contribution in [1.82, 2.24) is 9.80 Å². The molecule has 0 bridgehead atoms. The minimum Gasteiger partial charge on any atom is -0.504 e. The molecule has 2 aromatic rings. The number of nitrogens with zero attached hydrogens (tertiary/aromatic N) is 2. The van der Waals surface area contributed by atoms with Crippen LogP contribution in [0.2, 0.25) is 0 Å². The number of carbonyl (C=O) groups is 1. The maximum Gasteiger partial charge on any atom is 0.227 e. The van der Waals surface area contributed by atoms with Gasteiger partial charge in [0, 0.05) is 26.2 Å². The molecule has 1 unspecified atom stereocenters. The molecule has 2 aliphatic rings. The predicted molar refractivity (Wildman–Crippen MR) is 138 cm³/mol. The van der Waals surface area contributed by atoms with Gasteiger partial charge in [-0.25, -0.2) is 0 Å². The number of ether oxygens (including phenoxy) is 3. The van der Waals surface area contributed by atoms with E-state index in [0.717, 1.165) is 75.3 Å². The molecule has 0 radical (unpaired) electrons. The summed E-state index contributed by atoms with van der Waals surface area (Å²) in [6.07, 6.45) is 4.46. The van der Waals surface area contributed by atoms with Gasteiger partial charge in [0.05, 0.1) is 27.8 Å². The van der Waals surface area contributed by atoms with Crippen LogP contribution in [0.25, 0.3) is 0 Å². The molecule has 2 aliphatic heterocycles. The molecule has 35 heavy (non-hydrogen) atoms. The Hall–Kier alpha value is -2.64. The Bertz CT molecular complexity index is 1020. The summed E-state index contributed by atoms with van der Waals surface area (Å²) in [5, 5.41) is 9.81. The minimum absolute atomic E-state index is 0. The summed E-state index contributed by atoms with van der Waals surface area (Å²) in [6, 6.07) is 9.54. The zero-order valence-corrected chi connectivity index (χ0v) is 21.7. The van der Waals surface area contributed by atoms with Crippen molar-refractivity contribution in [3.63, 3.8) is 0 Å². The fraction of sp³-hybridized carbons (Fsp3) is 0.519. The highest BCUT2D eigenvalue weighted by atomic mass is 35.5. The molecular formula is C27H37ClN2O5. The maximum absolute atomic E-state index is 13.1. The summed E-state index contributed by atoms with van der Waals surface area (Å²) in [7, 11) is 4.84. The third-order valence-corrected chi connectivity index (χ3v) is 7.09. The van der Waals surface area contributed by atoms with Gasteiger partial charge in [-0.3, -0.25) is 4.79 Å². The standard InChI is InChI=1S/C27H36N2O5.ClH/c1-32-24-13-19(6-7-23(24)30)8-11-28-10-4-5-20(17-28)18-29-12-9-21-14-25(33-2)26(34-3)15-22(21)16-27(29)31;/h6-7,13-15,20,30H,4-5,8-12,16-18H2,1-3H3;1H. The van der Waals surface area contributed by atoms with Gasteiger partial charge in [0.15, 0.2) is 23.0 Å². The van der Waals surface area contributed by atoms with Gasteiger partial charge in [0.25, 0.3) is 0 Å². The van der Waals surface area contributed by atoms with Gasteiger partial charge in [-0.05, 0) is 79.1 Å². The summed E-state index contributed by atoms with van der Waals surface area (Å²) in [5.41, 5.74) is 3.37. The van der Waals surface area contributed by atoms with Crippen molar-refractivity contribution < 1.29 is 24.1 Å². The lowest BCUT2D eigenvalue weighted by atomic mass is 9.96. The van der Waals surface area contributed by atoms with Crippen LogP contribution in [0.1, 0.15) is 29.5 Å². The fourth-order valence-corrected chi connectivity index (χ4v) is 5.19. The van der Waals surface area contributed by atoms with E-state index in [-0.39, 0.29) is 24.1 Å². The predicted octanol–water partition coefficient (Wildman–Crippen LogP) is 3.72. The van der Waals surface area contributed by atoms with E-state index in [0.29, 0.717) is 23.8 Å². The topological polar surface area (TPSA) is 71.5 Å². The second-order valence-corrected chi connectivity index (χ2v) is 9.31. The van der Waals surface area contributed by atoms with Crippen LogP contribution in [0.15, 0.2) is 30.3 Å². The van der Waals surface area contributed by atoms with Gasteiger partial charge < -0.3 is 29.1 Å². The van der Waals surface area contributed by atoms with Crippen LogP contribution in [-0.2, 0) is 24.1 Å². The molecule has 0 aromatic heterocycles. The molecule has 1 N–H and O–H groups in total. The number of phenolic OH excluding ortho intramolecular Hbond substituents is 1. The van der Waals surface area contributed by atoms with Crippen LogP contribution in [0.5, 0.6) is 23.0 Å². The van der Waals surface area contributed by atoms with Crippen molar-refractivity contribution in [2.75, 3.05) is 54.1 Å². The SMILES string of the molecule is COc1cc(CCN2CCCC(CN3CCc4cc(OC)c(OC)cc4CC3=O)C2)ccc1O.Cl. The average Bonchev–Trinajstić information content (AvgIpc) is 3.00. The van der Waals surface area contributed by atoms with E-state index in [2.05, 4.69) is 9.80 Å². The monoisotopic (exact) mass is 504 g/mol. The molecule has 0 aliphatic carbocycles. The van der Waals surface area contributed by atoms with Crippen LogP contribution in [0.3, 0.4) is 0 Å². The number of hydrogen-bond donors (Lipinski definition) is 1. The molecule has 1 atom stereocenters. The number of likely N-dealkylation sites (tertiary alicyclic amines) is 1. The van der Waals surface area contributed by atoms with E-state index in [4.69, 9.17) is 14.2 Å². The molecule has 4 rings (SSSR count). The highest BCUT2D eigenvalue weighted by molar-refractivity contribution is 5.85. The van der Waals surface area contributed by atoms with Crippen molar-refractivity contribution >= 4 is 18.3 Å². The van der Waals surface area contributed by atoms with E-state index >= 15 is 0 Å². The zero-order chi connectivity index (χ0) is 24.1. The summed E-state index contributed by atoms with van der Waals surface area (Å²) < 4.78 is 16.1. The molecule has 1 saturated heterocycles. The van der Waals surface area contributed by atoms with Crippen LogP contribution in [0, 0.1) is 5.92 Å². The highest BCUT2D eigenvalue weighted by Gasteiger charge is 2.27. The van der Waals surface area contributed by atoms with Gasteiger partial charge in [0.1, 0.15) is 0 Å². The number of halogens is 1. The number of piperidine rings is 1. The number of phenols is 1. The lowest BCUT2D eigenvalue weighted by molar-refractivity contribution is -0.131. The van der Waals surface area contributed by atoms with E-state index in [9.17, 15) is 9.90 Å². The van der Waals surface area contributed by atoms with Gasteiger partial charge in [-0.1, -0.05) is 6.07 Å². The minimum atomic E-state index is 0. The molecule has 1 fully saturated rings. The molecule has 0 spiro atoms. The molecule has 1 amide bonds. The Morgan fingerprint density at radius 2 is 1.69 bits per heavy atom. The maximum atomic E-state index is 13.1. The van der Waals surface area contributed by atoms with Crippen molar-refractivity contribution in [3.8, 4) is 23.0 Å². The van der Waals surface area contributed by atoms with E-state index in [1.54, 1.807) is 27.4 Å². The second-order valence-electron chi connectivity index (χ2n) is 9.31. The van der Waals surface area contributed by atoms with Gasteiger partial charge in [-0.15, -0.1) is 12.4 Å². The number of fused-ring (bicyclic) bond motifs is 1. The van der Waals surface area contributed by atoms with Crippen molar-refractivity contribution in [2.24, 2.45) is 5.92 Å². The third-order valence-electron chi connectivity index (χ3n) is 7.09. The summed E-state index contributed by atoms with van der Waals surface area (Å²) in [6.45, 7) is 4.61. The molecule has 7 nitrogen and oxygen atoms in total. The summed E-state index contributed by atoms with van der Waals surface area (Å²) in [5.74, 6) is 2.76. The largest absolute Gasteiger partial charge is 0.504 e. The first kappa shape index (κ1) is 27.0. The quantitative estimate of drug-likeness (QED) is 0.590. The number of aromatic hydroxyl groups is 1. The van der Waals surface area contributed by atoms with Crippen molar-refractivity contribution in [3.05, 3.63) is 47.0 Å². The smallest absolute Gasteiger partial charge is 0.227 e. The first-order chi connectivity index (χ1) is 16.5. The molecule has 8 heteroatoms. The summed E-state index contributed by atoms with van der Waals surface area (Å²) in [4.78, 5) is 17.6. The second kappa shape index (κ2) is 12.4. The average molecular weight is 505 g/mol. The van der Waals surface area contributed by atoms with Crippen LogP contribution < -0.4 is 14.2 Å². The fourth-order valence-electron chi connectivity index (χ4n) is 5.19. The number of carbonyl (C=O) groups excluding carboxylic acids is 1. The van der Waals surface area contributed by atoms with Crippen molar-refractivity contribution in [1.29, 1.82) is 0 Å². The van der Waals surface area contributed by atoms with Crippen LogP contribution in [0.4, 0.5) is 0 Å². The summed E-state index contributed by atoms with van der Waals surface area (Å²) >= 11 is 0. The van der Waals surface area contributed by atoms with Gasteiger partial charge in [0.2, 0.25) is 5.91 Å². The number of methoxy groups -OCH3 is 3. The number of amides is 1. The molecular weight excluding hydrogens is 468 g/mol. The molecule has 0 saturated carbocycles. The molecule has 2 aromatic carbocycles. The Morgan fingerprint density at radius 3 is 2.40 bits per heavy atom. The number of benzene rings is 2. The van der Waals surface area contributed by atoms with E-state index in [1.165, 1.54) is 5.56 Å². The first-order valence-corrected chi connectivity index (χ1v) is 12.1. The Balaban J connectivity index is 0.00000342. The van der Waals surface area contributed by atoms with Gasteiger partial charge >= 0.3 is 0 Å². The first-order valence-electron chi connectivity index (χ1n) is 12.1. The lowest BCUT2D eigenvalue weighted by Gasteiger charge is -2.35. The van der Waals surface area contributed by atoms with Crippen LogP contribution in [-0.4, -0.2) is 74.9 Å². The highest BCUT2D eigenvalue weighted by Crippen LogP contribution is 2.33.